The number of nitrogens with zero attached hydrogens (tertiary/aromatic N) is 2. The van der Waals surface area contributed by atoms with Crippen molar-refractivity contribution in [2.45, 2.75) is 18.8 Å². The quantitative estimate of drug-likeness (QED) is 0.728. The molecular formula is C20H17FN2O2. The third-order valence-corrected chi connectivity index (χ3v) is 4.69. The molecular weight excluding hydrogens is 319 g/mol. The Morgan fingerprint density at radius 2 is 1.88 bits per heavy atom. The van der Waals surface area contributed by atoms with E-state index in [4.69, 9.17) is 4.74 Å². The Morgan fingerprint density at radius 3 is 2.64 bits per heavy atom. The topological polar surface area (TPSA) is 44.1 Å². The number of hydrogen-bond acceptors (Lipinski definition) is 3. The fourth-order valence-corrected chi connectivity index (χ4v) is 3.47. The zero-order valence-electron chi connectivity index (χ0n) is 13.8. The van der Waals surface area contributed by atoms with Crippen LogP contribution in [0.2, 0.25) is 0 Å². The summed E-state index contributed by atoms with van der Waals surface area (Å²) in [4.78, 5) is 12.6. The first-order chi connectivity index (χ1) is 12.2. The van der Waals surface area contributed by atoms with E-state index in [9.17, 15) is 9.18 Å². The number of halogens is 1. The van der Waals surface area contributed by atoms with Crippen molar-refractivity contribution >= 4 is 5.78 Å². The number of Topliss-reactive ketones (excluding diaryl/α,β-unsaturated/α-hetero) is 1. The highest BCUT2D eigenvalue weighted by atomic mass is 19.1. The molecule has 1 aromatic heterocycles. The second kappa shape index (κ2) is 6.16. The first-order valence-corrected chi connectivity index (χ1v) is 8.16. The van der Waals surface area contributed by atoms with Crippen LogP contribution in [0.3, 0.4) is 0 Å². The smallest absolute Gasteiger partial charge is 0.166 e. The van der Waals surface area contributed by atoms with Crippen LogP contribution in [0.5, 0.6) is 5.75 Å². The predicted molar refractivity (Wildman–Crippen MR) is 91.9 cm³/mol. The molecule has 4 nitrogen and oxygen atoms in total. The predicted octanol–water partition coefficient (Wildman–Crippen LogP) is 3.93. The SMILES string of the molecule is COc1ccccc1C1CC(=O)c2cnn(-c3ccc(F)cc3)c2C1. The van der Waals surface area contributed by atoms with E-state index >= 15 is 0 Å². The number of methoxy groups -OCH3 is 1. The van der Waals surface area contributed by atoms with Gasteiger partial charge in [0.2, 0.25) is 0 Å². The molecule has 0 aliphatic heterocycles. The lowest BCUT2D eigenvalue weighted by molar-refractivity contribution is 0.0963. The minimum absolute atomic E-state index is 0.0343. The van der Waals surface area contributed by atoms with Gasteiger partial charge in [-0.05, 0) is 42.3 Å². The van der Waals surface area contributed by atoms with Gasteiger partial charge in [0.15, 0.2) is 5.78 Å². The van der Waals surface area contributed by atoms with Crippen LogP contribution in [0.4, 0.5) is 4.39 Å². The molecule has 1 unspecified atom stereocenters. The van der Waals surface area contributed by atoms with Gasteiger partial charge in [0.05, 0.1) is 30.3 Å². The van der Waals surface area contributed by atoms with Gasteiger partial charge in [-0.15, -0.1) is 0 Å². The van der Waals surface area contributed by atoms with E-state index < -0.39 is 0 Å². The number of carbonyl (C=O) groups is 1. The summed E-state index contributed by atoms with van der Waals surface area (Å²) >= 11 is 0. The molecule has 0 radical (unpaired) electrons. The number of fused-ring (bicyclic) bond motifs is 1. The Hall–Kier alpha value is -2.95. The monoisotopic (exact) mass is 336 g/mol. The number of para-hydroxylation sites is 1. The van der Waals surface area contributed by atoms with Crippen molar-refractivity contribution in [1.82, 2.24) is 9.78 Å². The van der Waals surface area contributed by atoms with Gasteiger partial charge in [0.25, 0.3) is 0 Å². The minimum atomic E-state index is -0.298. The van der Waals surface area contributed by atoms with Crippen molar-refractivity contribution in [3.05, 3.63) is 77.4 Å². The van der Waals surface area contributed by atoms with Crippen LogP contribution in [0.1, 0.15) is 34.0 Å². The Balaban J connectivity index is 1.76. The maximum Gasteiger partial charge on any atom is 0.166 e. The summed E-state index contributed by atoms with van der Waals surface area (Å²) in [5.74, 6) is 0.599. The number of ketones is 1. The van der Waals surface area contributed by atoms with Crippen LogP contribution < -0.4 is 4.74 Å². The Kier molecular flexibility index (Phi) is 3.84. The van der Waals surface area contributed by atoms with E-state index in [1.54, 1.807) is 30.1 Å². The van der Waals surface area contributed by atoms with Crippen molar-refractivity contribution in [1.29, 1.82) is 0 Å². The van der Waals surface area contributed by atoms with E-state index in [2.05, 4.69) is 5.10 Å². The molecule has 1 aliphatic carbocycles. The Bertz CT molecular complexity index is 931. The number of benzene rings is 2. The van der Waals surface area contributed by atoms with E-state index in [1.165, 1.54) is 12.1 Å². The zero-order valence-corrected chi connectivity index (χ0v) is 13.8. The second-order valence-corrected chi connectivity index (χ2v) is 6.16. The molecule has 126 valence electrons. The van der Waals surface area contributed by atoms with Gasteiger partial charge in [0, 0.05) is 12.3 Å². The van der Waals surface area contributed by atoms with E-state index in [0.29, 0.717) is 18.4 Å². The van der Waals surface area contributed by atoms with Crippen LogP contribution in [-0.2, 0) is 6.42 Å². The molecule has 1 aliphatic rings. The third-order valence-electron chi connectivity index (χ3n) is 4.69. The first kappa shape index (κ1) is 15.6. The fraction of sp³-hybridized carbons (Fsp3) is 0.200. The van der Waals surface area contributed by atoms with Crippen molar-refractivity contribution < 1.29 is 13.9 Å². The van der Waals surface area contributed by atoms with E-state index in [1.807, 2.05) is 24.3 Å². The molecule has 4 rings (SSSR count). The van der Waals surface area contributed by atoms with Gasteiger partial charge in [-0.25, -0.2) is 9.07 Å². The zero-order chi connectivity index (χ0) is 17.4. The number of ether oxygens (including phenoxy) is 1. The molecule has 3 aromatic rings. The maximum atomic E-state index is 13.2. The molecule has 0 amide bonds. The lowest BCUT2D eigenvalue weighted by Gasteiger charge is -2.24. The molecule has 0 fully saturated rings. The number of rotatable bonds is 3. The molecule has 2 aromatic carbocycles. The standard InChI is InChI=1S/C20H17FN2O2/c1-25-20-5-3-2-4-16(20)13-10-18-17(19(24)11-13)12-22-23(18)15-8-6-14(21)7-9-15/h2-9,12-13H,10-11H2,1H3. The van der Waals surface area contributed by atoms with Crippen LogP contribution in [0, 0.1) is 5.82 Å². The van der Waals surface area contributed by atoms with Gasteiger partial charge >= 0.3 is 0 Å². The summed E-state index contributed by atoms with van der Waals surface area (Å²) < 4.78 is 20.4. The lowest BCUT2D eigenvalue weighted by Crippen LogP contribution is -2.20. The van der Waals surface area contributed by atoms with Crippen LogP contribution in [0.25, 0.3) is 5.69 Å². The van der Waals surface area contributed by atoms with Crippen molar-refractivity contribution in [3.63, 3.8) is 0 Å². The van der Waals surface area contributed by atoms with Crippen molar-refractivity contribution in [2.75, 3.05) is 7.11 Å². The Morgan fingerprint density at radius 1 is 1.12 bits per heavy atom. The maximum absolute atomic E-state index is 13.2. The van der Waals surface area contributed by atoms with Crippen molar-refractivity contribution in [2.24, 2.45) is 0 Å². The van der Waals surface area contributed by atoms with Crippen LogP contribution in [0.15, 0.2) is 54.7 Å². The molecule has 0 bridgehead atoms. The lowest BCUT2D eigenvalue weighted by atomic mass is 9.82. The highest BCUT2D eigenvalue weighted by Crippen LogP contribution is 2.37. The van der Waals surface area contributed by atoms with E-state index in [-0.39, 0.29) is 17.5 Å². The molecule has 0 saturated heterocycles. The van der Waals surface area contributed by atoms with Gasteiger partial charge in [-0.2, -0.15) is 5.10 Å². The van der Waals surface area contributed by atoms with Gasteiger partial charge in [0.1, 0.15) is 11.6 Å². The number of carbonyl (C=O) groups excluding carboxylic acids is 1. The summed E-state index contributed by atoms with van der Waals surface area (Å²) in [6.07, 6.45) is 2.72. The number of aromatic nitrogens is 2. The summed E-state index contributed by atoms with van der Waals surface area (Å²) in [5, 5.41) is 4.36. The second-order valence-electron chi connectivity index (χ2n) is 6.16. The fourth-order valence-electron chi connectivity index (χ4n) is 3.47. The summed E-state index contributed by atoms with van der Waals surface area (Å²) in [7, 11) is 1.64. The average molecular weight is 336 g/mol. The molecule has 5 heteroatoms. The third kappa shape index (κ3) is 2.71. The molecule has 1 atom stereocenters. The highest BCUT2D eigenvalue weighted by Gasteiger charge is 2.31. The van der Waals surface area contributed by atoms with Gasteiger partial charge in [-0.1, -0.05) is 18.2 Å². The van der Waals surface area contributed by atoms with E-state index in [0.717, 1.165) is 22.7 Å². The molecule has 1 heterocycles. The Labute approximate surface area is 144 Å². The summed E-state index contributed by atoms with van der Waals surface area (Å²) in [5.41, 5.74) is 3.28. The molecule has 0 spiro atoms. The first-order valence-electron chi connectivity index (χ1n) is 8.16. The molecule has 25 heavy (non-hydrogen) atoms. The average Bonchev–Trinajstić information content (AvgIpc) is 3.07. The molecule has 0 saturated carbocycles. The summed E-state index contributed by atoms with van der Waals surface area (Å²) in [6.45, 7) is 0. The molecule has 0 N–H and O–H groups in total. The van der Waals surface area contributed by atoms with Gasteiger partial charge in [-0.3, -0.25) is 4.79 Å². The summed E-state index contributed by atoms with van der Waals surface area (Å²) in [6, 6.07) is 13.9. The van der Waals surface area contributed by atoms with Crippen molar-refractivity contribution in [3.8, 4) is 11.4 Å². The van der Waals surface area contributed by atoms with Gasteiger partial charge < -0.3 is 4.74 Å². The highest BCUT2D eigenvalue weighted by molar-refractivity contribution is 5.98. The largest absolute Gasteiger partial charge is 0.496 e. The number of hydrogen-bond donors (Lipinski definition) is 0. The van der Waals surface area contributed by atoms with Crippen LogP contribution in [-0.4, -0.2) is 22.7 Å². The minimum Gasteiger partial charge on any atom is -0.496 e. The van der Waals surface area contributed by atoms with Crippen LogP contribution >= 0.6 is 0 Å². The normalized spacial score (nSPS) is 16.6.